The average molecular weight is 605 g/mol. The van der Waals surface area contributed by atoms with Crippen LogP contribution in [-0.4, -0.2) is 39.8 Å². The maximum absolute atomic E-state index is 11.1. The van der Waals surface area contributed by atoms with E-state index in [9.17, 15) is 20.0 Å². The fraction of sp³-hybridized carbons (Fsp3) is 0.657. The van der Waals surface area contributed by atoms with Gasteiger partial charge in [0.05, 0.1) is 25.2 Å². The van der Waals surface area contributed by atoms with E-state index in [0.717, 1.165) is 38.9 Å². The van der Waals surface area contributed by atoms with E-state index < -0.39 is 33.3 Å². The molecule has 7 heteroatoms. The second kappa shape index (κ2) is 12.8. The molecule has 0 bridgehead atoms. The second-order valence-electron chi connectivity index (χ2n) is 16.2. The van der Waals surface area contributed by atoms with Crippen molar-refractivity contribution in [1.29, 1.82) is 0 Å². The Hall–Kier alpha value is -1.53. The first-order valence-corrected chi connectivity index (χ1v) is 16.1. The zero-order valence-electron chi connectivity index (χ0n) is 28.6. The van der Waals surface area contributed by atoms with Gasteiger partial charge in [-0.25, -0.2) is 0 Å². The predicted molar refractivity (Wildman–Crippen MR) is 174 cm³/mol. The highest BCUT2D eigenvalue weighted by molar-refractivity contribution is 7.39. The van der Waals surface area contributed by atoms with Gasteiger partial charge >= 0.3 is 8.60 Å². The average Bonchev–Trinajstić information content (AvgIpc) is 2.81. The minimum Gasteiger partial charge on any atom is -0.484 e. The number of hydrogen-bond acceptors (Lipinski definition) is 6. The minimum absolute atomic E-state index is 0.277. The van der Waals surface area contributed by atoms with Crippen molar-refractivity contribution in [2.75, 3.05) is 19.8 Å². The number of aryl methyl sites for hydroxylation is 2. The van der Waals surface area contributed by atoms with Crippen LogP contribution in [0.25, 0.3) is 0 Å². The van der Waals surface area contributed by atoms with E-state index in [1.165, 1.54) is 0 Å². The molecule has 0 aliphatic rings. The van der Waals surface area contributed by atoms with E-state index >= 15 is 0 Å². The molecule has 238 valence electrons. The van der Waals surface area contributed by atoms with Gasteiger partial charge in [0.25, 0.3) is 0 Å². The van der Waals surface area contributed by atoms with Crippen LogP contribution in [0.1, 0.15) is 128 Å². The zero-order valence-corrected chi connectivity index (χ0v) is 29.5. The molecule has 0 radical (unpaired) electrons. The normalized spacial score (nSPS) is 14.5. The standard InChI is InChI=1S/C35H57O6P/c1-22-15-24(31(3,4)5)28(25(16-22)32(6,7)8)30(35(19-36,20-37)21-40-42(38)39)41-29-26(33(9,10)11)17-23(2)18-27(29)34(12,13)14/h15-18,30,36-39H,19-21H2,1-14H3. The monoisotopic (exact) mass is 604 g/mol. The SMILES string of the molecule is Cc1cc(C(C)(C)C)c(OC(c2c(C(C)(C)C)cc(C)cc2C(C)(C)C)C(CO)(CO)COP(O)O)c(C(C)(C)C)c1. The van der Waals surface area contributed by atoms with E-state index in [-0.39, 0.29) is 28.3 Å². The molecule has 2 aromatic rings. The zero-order chi connectivity index (χ0) is 32.6. The lowest BCUT2D eigenvalue weighted by atomic mass is 9.69. The van der Waals surface area contributed by atoms with Crippen LogP contribution in [-0.2, 0) is 26.2 Å². The molecule has 2 aromatic carbocycles. The van der Waals surface area contributed by atoms with Crippen LogP contribution in [0.5, 0.6) is 5.75 Å². The largest absolute Gasteiger partial charge is 0.484 e. The quantitative estimate of drug-likeness (QED) is 0.218. The smallest absolute Gasteiger partial charge is 0.327 e. The molecule has 6 nitrogen and oxygen atoms in total. The van der Waals surface area contributed by atoms with Crippen LogP contribution in [0.3, 0.4) is 0 Å². The van der Waals surface area contributed by atoms with Crippen LogP contribution >= 0.6 is 8.60 Å². The predicted octanol–water partition coefficient (Wildman–Crippen LogP) is 7.81. The molecule has 2 rings (SSSR count). The van der Waals surface area contributed by atoms with Gasteiger partial charge in [-0.2, -0.15) is 0 Å². The molecule has 0 heterocycles. The summed E-state index contributed by atoms with van der Waals surface area (Å²) in [5, 5.41) is 22.1. The lowest BCUT2D eigenvalue weighted by Crippen LogP contribution is -2.45. The molecule has 0 spiro atoms. The molecule has 0 aromatic heterocycles. The number of benzene rings is 2. The minimum atomic E-state index is -2.73. The van der Waals surface area contributed by atoms with E-state index in [0.29, 0.717) is 5.75 Å². The molecule has 0 fully saturated rings. The van der Waals surface area contributed by atoms with Crippen LogP contribution in [0.2, 0.25) is 0 Å². The van der Waals surface area contributed by atoms with Gasteiger partial charge in [0.15, 0.2) is 0 Å². The van der Waals surface area contributed by atoms with Gasteiger partial charge in [-0.15, -0.1) is 0 Å². The number of hydrogen-bond donors (Lipinski definition) is 4. The Bertz CT molecular complexity index is 1150. The van der Waals surface area contributed by atoms with Crippen LogP contribution in [0.4, 0.5) is 0 Å². The first kappa shape index (κ1) is 36.7. The Kier molecular flexibility index (Phi) is 11.2. The molecule has 1 atom stereocenters. The van der Waals surface area contributed by atoms with Crippen molar-refractivity contribution >= 4 is 8.60 Å². The first-order chi connectivity index (χ1) is 18.9. The van der Waals surface area contributed by atoms with Crippen LogP contribution in [0, 0.1) is 19.3 Å². The summed E-state index contributed by atoms with van der Waals surface area (Å²) < 4.78 is 12.7. The topological polar surface area (TPSA) is 99.4 Å². The van der Waals surface area contributed by atoms with Gasteiger partial charge in [-0.1, -0.05) is 118 Å². The van der Waals surface area contributed by atoms with Crippen molar-refractivity contribution in [3.05, 3.63) is 63.2 Å². The molecular formula is C35H57O6P. The van der Waals surface area contributed by atoms with E-state index in [2.05, 4.69) is 121 Å². The van der Waals surface area contributed by atoms with Crippen LogP contribution in [0.15, 0.2) is 24.3 Å². The maximum Gasteiger partial charge on any atom is 0.327 e. The van der Waals surface area contributed by atoms with Crippen molar-refractivity contribution in [3.8, 4) is 5.75 Å². The molecular weight excluding hydrogens is 547 g/mol. The second-order valence-corrected chi connectivity index (χ2v) is 16.9. The van der Waals surface area contributed by atoms with Crippen molar-refractivity contribution < 1.29 is 29.3 Å². The van der Waals surface area contributed by atoms with Crippen molar-refractivity contribution in [2.45, 2.75) is 125 Å². The highest BCUT2D eigenvalue weighted by atomic mass is 31.2. The number of ether oxygens (including phenoxy) is 1. The summed E-state index contributed by atoms with van der Waals surface area (Å²) in [5.41, 5.74) is 4.67. The van der Waals surface area contributed by atoms with Gasteiger partial charge in [0.1, 0.15) is 11.9 Å². The number of rotatable bonds is 9. The summed E-state index contributed by atoms with van der Waals surface area (Å²) >= 11 is 0. The molecule has 42 heavy (non-hydrogen) atoms. The Morgan fingerprint density at radius 2 is 0.952 bits per heavy atom. The Morgan fingerprint density at radius 3 is 1.24 bits per heavy atom. The van der Waals surface area contributed by atoms with Crippen molar-refractivity contribution in [3.63, 3.8) is 0 Å². The summed E-state index contributed by atoms with van der Waals surface area (Å²) in [6.07, 6.45) is -0.892. The number of aliphatic hydroxyl groups is 2. The lowest BCUT2D eigenvalue weighted by molar-refractivity contribution is -0.0717. The molecule has 0 aliphatic heterocycles. The molecule has 1 unspecified atom stereocenters. The third kappa shape index (κ3) is 8.34. The van der Waals surface area contributed by atoms with E-state index in [1.54, 1.807) is 0 Å². The summed E-state index contributed by atoms with van der Waals surface area (Å²) in [4.78, 5) is 19.6. The Balaban J connectivity index is 3.22. The van der Waals surface area contributed by atoms with Gasteiger partial charge in [-0.3, -0.25) is 0 Å². The highest BCUT2D eigenvalue weighted by Gasteiger charge is 2.47. The fourth-order valence-corrected chi connectivity index (χ4v) is 5.89. The van der Waals surface area contributed by atoms with Gasteiger partial charge in [-0.05, 0) is 46.6 Å². The Morgan fingerprint density at radius 1 is 0.619 bits per heavy atom. The van der Waals surface area contributed by atoms with E-state index in [1.807, 2.05) is 0 Å². The summed E-state index contributed by atoms with van der Waals surface area (Å²) in [5.74, 6) is 0.715. The lowest BCUT2D eigenvalue weighted by Gasteiger charge is -2.44. The highest BCUT2D eigenvalue weighted by Crippen LogP contribution is 2.50. The summed E-state index contributed by atoms with van der Waals surface area (Å²) in [6, 6.07) is 8.64. The number of aliphatic hydroxyl groups excluding tert-OH is 2. The third-order valence-electron chi connectivity index (χ3n) is 7.94. The molecule has 0 aliphatic carbocycles. The molecule has 0 saturated carbocycles. The first-order valence-electron chi connectivity index (χ1n) is 14.9. The molecule has 4 N–H and O–H groups in total. The van der Waals surface area contributed by atoms with Crippen LogP contribution < -0.4 is 4.74 Å². The van der Waals surface area contributed by atoms with Gasteiger partial charge < -0.3 is 29.3 Å². The molecule has 0 amide bonds. The molecule has 0 saturated heterocycles. The summed E-state index contributed by atoms with van der Waals surface area (Å²) in [7, 11) is -2.73. The Labute approximate surface area is 256 Å². The fourth-order valence-electron chi connectivity index (χ4n) is 5.51. The van der Waals surface area contributed by atoms with Gasteiger partial charge in [0, 0.05) is 16.7 Å². The summed E-state index contributed by atoms with van der Waals surface area (Å²) in [6.45, 7) is 28.7. The maximum atomic E-state index is 11.1. The van der Waals surface area contributed by atoms with Gasteiger partial charge in [0.2, 0.25) is 0 Å². The third-order valence-corrected chi connectivity index (χ3v) is 8.30. The van der Waals surface area contributed by atoms with E-state index in [4.69, 9.17) is 9.26 Å². The van der Waals surface area contributed by atoms with Crippen molar-refractivity contribution in [1.82, 2.24) is 0 Å². The van der Waals surface area contributed by atoms with Crippen molar-refractivity contribution in [2.24, 2.45) is 5.41 Å².